The Morgan fingerprint density at radius 1 is 1.39 bits per heavy atom. The molecule has 5 rings (SSSR count). The minimum atomic E-state index is -0.212. The SMILES string of the molecule is C=CCN1CCC(NC23CC(CN)(C2)OC32CCOCC2)C1=O. The van der Waals surface area contributed by atoms with Gasteiger partial charge < -0.3 is 20.1 Å². The van der Waals surface area contributed by atoms with Gasteiger partial charge in [0.2, 0.25) is 5.91 Å². The quantitative estimate of drug-likeness (QED) is 0.706. The maximum atomic E-state index is 12.6. The van der Waals surface area contributed by atoms with E-state index >= 15 is 0 Å². The van der Waals surface area contributed by atoms with Crippen molar-refractivity contribution >= 4 is 5.91 Å². The zero-order valence-corrected chi connectivity index (χ0v) is 13.7. The van der Waals surface area contributed by atoms with E-state index in [1.807, 2.05) is 4.90 Å². The van der Waals surface area contributed by atoms with Crippen LogP contribution in [0.2, 0.25) is 0 Å². The Kier molecular flexibility index (Phi) is 3.57. The highest BCUT2D eigenvalue weighted by atomic mass is 16.6. The lowest BCUT2D eigenvalue weighted by molar-refractivity contribution is -0.130. The normalized spacial score (nSPS) is 41.3. The summed E-state index contributed by atoms with van der Waals surface area (Å²) in [6.07, 6.45) is 6.26. The molecule has 0 aromatic rings. The molecule has 1 aliphatic carbocycles. The maximum Gasteiger partial charge on any atom is 0.240 e. The van der Waals surface area contributed by atoms with E-state index in [1.165, 1.54) is 0 Å². The van der Waals surface area contributed by atoms with Crippen molar-refractivity contribution in [2.24, 2.45) is 5.73 Å². The molecule has 4 heterocycles. The fraction of sp³-hybridized carbons (Fsp3) is 0.824. The Morgan fingerprint density at radius 2 is 2.13 bits per heavy atom. The third kappa shape index (κ3) is 2.12. The Hall–Kier alpha value is -0.950. The number of nitrogens with one attached hydrogen (secondary N) is 1. The minimum Gasteiger partial charge on any atom is -0.381 e. The molecule has 0 aromatic carbocycles. The second-order valence-electron chi connectivity index (χ2n) is 7.59. The first-order chi connectivity index (χ1) is 11.1. The molecule has 1 unspecified atom stereocenters. The van der Waals surface area contributed by atoms with Gasteiger partial charge in [-0.3, -0.25) is 10.1 Å². The molecule has 4 saturated heterocycles. The van der Waals surface area contributed by atoms with Crippen LogP contribution in [0.4, 0.5) is 0 Å². The van der Waals surface area contributed by atoms with Crippen LogP contribution in [0.3, 0.4) is 0 Å². The number of hydrogen-bond donors (Lipinski definition) is 2. The number of likely N-dealkylation sites (tertiary alicyclic amines) is 1. The van der Waals surface area contributed by atoms with Gasteiger partial charge >= 0.3 is 0 Å². The van der Waals surface area contributed by atoms with Crippen molar-refractivity contribution < 1.29 is 14.3 Å². The first kappa shape index (κ1) is 15.6. The highest BCUT2D eigenvalue weighted by molar-refractivity contribution is 5.84. The summed E-state index contributed by atoms with van der Waals surface area (Å²) in [6, 6.07) is -0.104. The molecule has 1 atom stereocenters. The third-order valence-electron chi connectivity index (χ3n) is 6.30. The van der Waals surface area contributed by atoms with Gasteiger partial charge in [0, 0.05) is 45.7 Å². The summed E-state index contributed by atoms with van der Waals surface area (Å²) in [6.45, 7) is 7.18. The molecule has 128 valence electrons. The number of carbonyl (C=O) groups excluding carboxylic acids is 1. The highest BCUT2D eigenvalue weighted by Crippen LogP contribution is 2.63. The van der Waals surface area contributed by atoms with Crippen LogP contribution in [-0.4, -0.2) is 66.4 Å². The lowest BCUT2D eigenvalue weighted by Crippen LogP contribution is -2.69. The van der Waals surface area contributed by atoms with E-state index in [0.29, 0.717) is 13.1 Å². The monoisotopic (exact) mass is 321 g/mol. The Morgan fingerprint density at radius 3 is 2.78 bits per heavy atom. The lowest BCUT2D eigenvalue weighted by atomic mass is 9.59. The van der Waals surface area contributed by atoms with Crippen molar-refractivity contribution in [1.29, 1.82) is 0 Å². The smallest absolute Gasteiger partial charge is 0.240 e. The van der Waals surface area contributed by atoms with Crippen LogP contribution in [0, 0.1) is 0 Å². The molecule has 1 spiro atoms. The molecule has 6 nitrogen and oxygen atoms in total. The van der Waals surface area contributed by atoms with Gasteiger partial charge in [0.05, 0.1) is 22.8 Å². The molecule has 2 bridgehead atoms. The second-order valence-corrected chi connectivity index (χ2v) is 7.59. The summed E-state index contributed by atoms with van der Waals surface area (Å²) in [5.74, 6) is 0.193. The van der Waals surface area contributed by atoms with Crippen LogP contribution in [0.25, 0.3) is 0 Å². The van der Waals surface area contributed by atoms with Crippen molar-refractivity contribution in [3.05, 3.63) is 12.7 Å². The molecule has 4 aliphatic heterocycles. The van der Waals surface area contributed by atoms with E-state index in [-0.39, 0.29) is 28.7 Å². The molecular formula is C17H27N3O3. The fourth-order valence-corrected chi connectivity index (χ4v) is 5.20. The largest absolute Gasteiger partial charge is 0.381 e. The van der Waals surface area contributed by atoms with Gasteiger partial charge in [-0.2, -0.15) is 0 Å². The summed E-state index contributed by atoms with van der Waals surface area (Å²) in [5, 5.41) is 3.72. The number of nitrogens with zero attached hydrogens (tertiary/aromatic N) is 1. The summed E-state index contributed by atoms with van der Waals surface area (Å²) in [4.78, 5) is 14.5. The zero-order valence-electron chi connectivity index (χ0n) is 13.7. The molecule has 0 radical (unpaired) electrons. The third-order valence-corrected chi connectivity index (χ3v) is 6.30. The van der Waals surface area contributed by atoms with Crippen LogP contribution in [-0.2, 0) is 14.3 Å². The predicted molar refractivity (Wildman–Crippen MR) is 85.9 cm³/mol. The lowest BCUT2D eigenvalue weighted by Gasteiger charge is -2.50. The minimum absolute atomic E-state index is 0.104. The standard InChI is InChI=1S/C17H27N3O3/c1-2-6-20-7-3-13(14(20)21)19-16-10-15(11-16,12-18)23-17(16)4-8-22-9-5-17/h2,13,19H,1,3-12,18H2. The van der Waals surface area contributed by atoms with Crippen LogP contribution in [0.1, 0.15) is 32.1 Å². The second kappa shape index (κ2) is 5.28. The van der Waals surface area contributed by atoms with Crippen molar-refractivity contribution in [3.8, 4) is 0 Å². The Labute approximate surface area is 137 Å². The number of rotatable bonds is 5. The van der Waals surface area contributed by atoms with Gasteiger partial charge in [0.15, 0.2) is 0 Å². The van der Waals surface area contributed by atoms with Crippen molar-refractivity contribution in [1.82, 2.24) is 10.2 Å². The van der Waals surface area contributed by atoms with Crippen LogP contribution in [0.15, 0.2) is 12.7 Å². The van der Waals surface area contributed by atoms with Gasteiger partial charge in [-0.05, 0) is 19.3 Å². The zero-order chi connectivity index (χ0) is 16.1. The van der Waals surface area contributed by atoms with Gasteiger partial charge in [-0.1, -0.05) is 6.08 Å². The van der Waals surface area contributed by atoms with E-state index in [1.54, 1.807) is 6.08 Å². The van der Waals surface area contributed by atoms with E-state index in [9.17, 15) is 4.79 Å². The van der Waals surface area contributed by atoms with E-state index in [2.05, 4.69) is 11.9 Å². The first-order valence-electron chi connectivity index (χ1n) is 8.73. The molecule has 0 aromatic heterocycles. The van der Waals surface area contributed by atoms with Crippen molar-refractivity contribution in [3.63, 3.8) is 0 Å². The van der Waals surface area contributed by atoms with E-state index in [4.69, 9.17) is 15.2 Å². The molecule has 5 aliphatic rings. The molecule has 1 amide bonds. The summed E-state index contributed by atoms with van der Waals surface area (Å²) in [5.41, 5.74) is 5.47. The maximum absolute atomic E-state index is 12.6. The Balaban J connectivity index is 1.53. The summed E-state index contributed by atoms with van der Waals surface area (Å²) in [7, 11) is 0. The van der Waals surface area contributed by atoms with Crippen molar-refractivity contribution in [2.75, 3.05) is 32.8 Å². The molecule has 3 N–H and O–H groups in total. The van der Waals surface area contributed by atoms with Gasteiger partial charge in [0.1, 0.15) is 0 Å². The van der Waals surface area contributed by atoms with Gasteiger partial charge in [0.25, 0.3) is 0 Å². The Bertz CT molecular complexity index is 509. The number of carbonyl (C=O) groups is 1. The summed E-state index contributed by atoms with van der Waals surface area (Å²) >= 11 is 0. The molecule has 6 heteroatoms. The average Bonchev–Trinajstić information content (AvgIpc) is 3.08. The first-order valence-corrected chi connectivity index (χ1v) is 8.73. The van der Waals surface area contributed by atoms with Crippen LogP contribution < -0.4 is 11.1 Å². The topological polar surface area (TPSA) is 76.8 Å². The predicted octanol–water partition coefficient (Wildman–Crippen LogP) is 0.172. The van der Waals surface area contributed by atoms with Crippen molar-refractivity contribution in [2.45, 2.75) is 54.9 Å². The number of amides is 1. The van der Waals surface area contributed by atoms with E-state index < -0.39 is 0 Å². The molecule has 23 heavy (non-hydrogen) atoms. The van der Waals surface area contributed by atoms with Crippen LogP contribution >= 0.6 is 0 Å². The number of ether oxygens (including phenoxy) is 2. The van der Waals surface area contributed by atoms with Gasteiger partial charge in [-0.25, -0.2) is 0 Å². The summed E-state index contributed by atoms with van der Waals surface area (Å²) < 4.78 is 12.1. The number of hydrogen-bond acceptors (Lipinski definition) is 5. The highest BCUT2D eigenvalue weighted by Gasteiger charge is 2.74. The molecule has 5 fully saturated rings. The molecular weight excluding hydrogens is 294 g/mol. The number of nitrogens with two attached hydrogens (primary N) is 1. The molecule has 1 saturated carbocycles. The van der Waals surface area contributed by atoms with E-state index in [0.717, 1.165) is 51.9 Å². The van der Waals surface area contributed by atoms with Crippen LogP contribution in [0.5, 0.6) is 0 Å². The van der Waals surface area contributed by atoms with Gasteiger partial charge in [-0.15, -0.1) is 6.58 Å². The fourth-order valence-electron chi connectivity index (χ4n) is 5.20. The average molecular weight is 321 g/mol.